The highest BCUT2D eigenvalue weighted by atomic mass is 32.1. The van der Waals surface area contributed by atoms with Crippen LogP contribution in [0.2, 0.25) is 0 Å². The molecule has 5 aromatic heterocycles. The predicted octanol–water partition coefficient (Wildman–Crippen LogP) is 14.8. The molecule has 0 spiro atoms. The second-order valence-electron chi connectivity index (χ2n) is 16.2. The molecule has 0 saturated heterocycles. The summed E-state index contributed by atoms with van der Waals surface area (Å²) < 4.78 is 3.38. The van der Waals surface area contributed by atoms with E-state index in [0.29, 0.717) is 5.82 Å². The van der Waals surface area contributed by atoms with Crippen LogP contribution in [0.25, 0.3) is 126 Å². The lowest BCUT2D eigenvalue weighted by Gasteiger charge is -2.12. The van der Waals surface area contributed by atoms with Crippen molar-refractivity contribution in [1.29, 1.82) is 0 Å². The molecule has 0 bridgehead atoms. The maximum atomic E-state index is 5.17. The van der Waals surface area contributed by atoms with Crippen molar-refractivity contribution in [3.63, 3.8) is 0 Å². The summed E-state index contributed by atoms with van der Waals surface area (Å²) in [5.74, 6) is 0.678. The molecule has 6 nitrogen and oxygen atoms in total. The molecule has 0 N–H and O–H groups in total. The number of fused-ring (bicyclic) bond motifs is 8. The summed E-state index contributed by atoms with van der Waals surface area (Å²) in [7, 11) is 0. The van der Waals surface area contributed by atoms with Crippen LogP contribution in [0.15, 0.2) is 207 Å². The number of hydrogen-bond donors (Lipinski definition) is 0. The van der Waals surface area contributed by atoms with Gasteiger partial charge >= 0.3 is 0 Å². The van der Waals surface area contributed by atoms with E-state index in [0.717, 1.165) is 76.6 Å². The molecule has 7 heteroatoms. The molecule has 0 amide bonds. The number of para-hydroxylation sites is 2. The van der Waals surface area contributed by atoms with Gasteiger partial charge in [-0.1, -0.05) is 140 Å². The zero-order valence-electron chi connectivity index (χ0n) is 34.2. The maximum Gasteiger partial charge on any atom is 0.160 e. The summed E-state index contributed by atoms with van der Waals surface area (Å²) in [5, 5.41) is 8.34. The van der Waals surface area contributed by atoms with Crippen LogP contribution in [-0.4, -0.2) is 29.5 Å². The third kappa shape index (κ3) is 6.05. The topological polar surface area (TPSA) is 69.4 Å². The Morgan fingerprint density at radius 3 is 1.81 bits per heavy atom. The van der Waals surface area contributed by atoms with Gasteiger partial charge in [0.2, 0.25) is 0 Å². The molecule has 0 radical (unpaired) electrons. The first-order valence-corrected chi connectivity index (χ1v) is 22.1. The molecule has 298 valence electrons. The van der Waals surface area contributed by atoms with E-state index in [1.807, 2.05) is 24.4 Å². The first-order valence-electron chi connectivity index (χ1n) is 21.3. The average molecular weight is 835 g/mol. The second-order valence-corrected chi connectivity index (χ2v) is 17.2. The van der Waals surface area contributed by atoms with Gasteiger partial charge in [-0.25, -0.2) is 24.9 Å². The summed E-state index contributed by atoms with van der Waals surface area (Å²) >= 11 is 1.64. The third-order valence-electron chi connectivity index (χ3n) is 12.3. The highest BCUT2D eigenvalue weighted by Gasteiger charge is 2.18. The Hall–Kier alpha value is -8.39. The molecule has 0 atom stereocenters. The Balaban J connectivity index is 0.866. The van der Waals surface area contributed by atoms with Gasteiger partial charge in [0.1, 0.15) is 11.2 Å². The van der Waals surface area contributed by atoms with Crippen molar-refractivity contribution in [2.45, 2.75) is 0 Å². The van der Waals surface area contributed by atoms with Crippen LogP contribution < -0.4 is 0 Å². The van der Waals surface area contributed by atoms with Crippen molar-refractivity contribution in [2.24, 2.45) is 0 Å². The zero-order chi connectivity index (χ0) is 42.1. The minimum Gasteiger partial charge on any atom is -0.309 e. The van der Waals surface area contributed by atoms with Crippen LogP contribution in [0.1, 0.15) is 0 Å². The SMILES string of the molecule is c1ccc(-c2nc(-c3ccc(-c4cnc5sc6c(-c7ccc8cc9ccccc9cc8c7)ncnc6c5c4)cc3)cc(-c3cccc(-n4c5ccccc5c5ccccc54)c3)n2)cc1. The van der Waals surface area contributed by atoms with Crippen molar-refractivity contribution >= 4 is 75.1 Å². The fraction of sp³-hybridized carbons (Fsp3) is 0. The molecule has 0 unspecified atom stereocenters. The van der Waals surface area contributed by atoms with Gasteiger partial charge < -0.3 is 4.57 Å². The Morgan fingerprint density at radius 1 is 0.391 bits per heavy atom. The number of hydrogen-bond acceptors (Lipinski definition) is 6. The maximum absolute atomic E-state index is 5.17. The largest absolute Gasteiger partial charge is 0.309 e. The van der Waals surface area contributed by atoms with Gasteiger partial charge in [-0.2, -0.15) is 0 Å². The highest BCUT2D eigenvalue weighted by Crippen LogP contribution is 2.40. The molecular weight excluding hydrogens is 801 g/mol. The molecule has 0 aliphatic rings. The van der Waals surface area contributed by atoms with Crippen LogP contribution in [0.3, 0.4) is 0 Å². The highest BCUT2D eigenvalue weighted by molar-refractivity contribution is 7.25. The van der Waals surface area contributed by atoms with Gasteiger partial charge in [0.25, 0.3) is 0 Å². The smallest absolute Gasteiger partial charge is 0.160 e. The minimum atomic E-state index is 0.678. The van der Waals surface area contributed by atoms with Crippen LogP contribution in [0, 0.1) is 0 Å². The van der Waals surface area contributed by atoms with E-state index in [1.54, 1.807) is 17.7 Å². The van der Waals surface area contributed by atoms with E-state index in [2.05, 4.69) is 180 Å². The Morgan fingerprint density at radius 2 is 1.03 bits per heavy atom. The van der Waals surface area contributed by atoms with Gasteiger partial charge in [-0.3, -0.25) is 0 Å². The second kappa shape index (κ2) is 14.6. The summed E-state index contributed by atoms with van der Waals surface area (Å²) in [4.78, 5) is 25.8. The Labute approximate surface area is 371 Å². The molecule has 0 aliphatic heterocycles. The number of aromatic nitrogens is 6. The fourth-order valence-electron chi connectivity index (χ4n) is 9.21. The van der Waals surface area contributed by atoms with Crippen LogP contribution in [-0.2, 0) is 0 Å². The minimum absolute atomic E-state index is 0.678. The standard InChI is InChI=1S/C57H34N6S/c1-2-11-37(12-3-1)56-61-49(32-50(62-56)41-15-10-16-45(30-41)63-51-19-8-6-17-46(51)47-18-7-9-20-52(47)63)36-23-21-35(22-24-36)44-31-48-54-55(64-57(48)58-33-44)53(59-34-60-54)42-26-25-40-27-38-13-4-5-14-39(38)28-43(40)29-42/h1-34H. The molecular formula is C57H34N6S. The summed E-state index contributed by atoms with van der Waals surface area (Å²) in [6.07, 6.45) is 3.64. The van der Waals surface area contributed by atoms with E-state index in [-0.39, 0.29) is 0 Å². The molecule has 0 fully saturated rings. The van der Waals surface area contributed by atoms with Gasteiger partial charge in [0, 0.05) is 55.9 Å². The van der Waals surface area contributed by atoms with Gasteiger partial charge in [-0.15, -0.1) is 11.3 Å². The molecule has 0 aliphatic carbocycles. The van der Waals surface area contributed by atoms with E-state index >= 15 is 0 Å². The number of nitrogens with zero attached hydrogens (tertiary/aromatic N) is 6. The third-order valence-corrected chi connectivity index (χ3v) is 13.4. The summed E-state index contributed by atoms with van der Waals surface area (Å²) in [6.45, 7) is 0. The van der Waals surface area contributed by atoms with Crippen LogP contribution in [0.5, 0.6) is 0 Å². The number of pyridine rings is 1. The number of thiophene rings is 1. The van der Waals surface area contributed by atoms with Crippen molar-refractivity contribution in [3.8, 4) is 62.0 Å². The van der Waals surface area contributed by atoms with E-state index in [4.69, 9.17) is 24.9 Å². The average Bonchev–Trinajstić information content (AvgIpc) is 3.91. The lowest BCUT2D eigenvalue weighted by Crippen LogP contribution is -1.97. The number of benzene rings is 8. The summed E-state index contributed by atoms with van der Waals surface area (Å²) in [6, 6.07) is 68.6. The molecule has 8 aromatic carbocycles. The van der Waals surface area contributed by atoms with E-state index < -0.39 is 0 Å². The Kier molecular flexibility index (Phi) is 8.29. The molecule has 64 heavy (non-hydrogen) atoms. The van der Waals surface area contributed by atoms with Crippen molar-refractivity contribution in [1.82, 2.24) is 29.5 Å². The van der Waals surface area contributed by atoms with Crippen molar-refractivity contribution in [2.75, 3.05) is 0 Å². The predicted molar refractivity (Wildman–Crippen MR) is 265 cm³/mol. The van der Waals surface area contributed by atoms with E-state index in [9.17, 15) is 0 Å². The zero-order valence-corrected chi connectivity index (χ0v) is 35.0. The van der Waals surface area contributed by atoms with E-state index in [1.165, 1.54) is 43.4 Å². The van der Waals surface area contributed by atoms with Gasteiger partial charge in [0.05, 0.1) is 38.3 Å². The van der Waals surface area contributed by atoms with Crippen molar-refractivity contribution in [3.05, 3.63) is 207 Å². The van der Waals surface area contributed by atoms with Crippen LogP contribution >= 0.6 is 11.3 Å². The Bertz CT molecular complexity index is 3910. The molecule has 0 saturated carbocycles. The number of rotatable bonds is 6. The summed E-state index contributed by atoms with van der Waals surface area (Å²) in [5.41, 5.74) is 13.1. The lowest BCUT2D eigenvalue weighted by atomic mass is 10.0. The van der Waals surface area contributed by atoms with Crippen LogP contribution in [0.4, 0.5) is 0 Å². The normalized spacial score (nSPS) is 11.8. The first kappa shape index (κ1) is 36.3. The van der Waals surface area contributed by atoms with Gasteiger partial charge in [-0.05, 0) is 81.7 Å². The molecule has 13 aromatic rings. The van der Waals surface area contributed by atoms with Crippen molar-refractivity contribution < 1.29 is 0 Å². The first-order chi connectivity index (χ1) is 31.7. The lowest BCUT2D eigenvalue weighted by molar-refractivity contribution is 1.16. The van der Waals surface area contributed by atoms with Gasteiger partial charge in [0.15, 0.2) is 5.82 Å². The molecule has 5 heterocycles. The molecule has 13 rings (SSSR count). The monoisotopic (exact) mass is 834 g/mol. The quantitative estimate of drug-likeness (QED) is 0.156. The fourth-order valence-corrected chi connectivity index (χ4v) is 10.3.